The second kappa shape index (κ2) is 7.97. The third-order valence-corrected chi connectivity index (χ3v) is 5.52. The minimum atomic E-state index is -0.466. The highest BCUT2D eigenvalue weighted by Gasteiger charge is 2.30. The minimum absolute atomic E-state index is 0.00792. The molecule has 0 spiro atoms. The van der Waals surface area contributed by atoms with Crippen LogP contribution in [0.3, 0.4) is 0 Å². The van der Waals surface area contributed by atoms with Crippen molar-refractivity contribution in [1.82, 2.24) is 9.80 Å². The van der Waals surface area contributed by atoms with E-state index >= 15 is 0 Å². The fourth-order valence-electron chi connectivity index (χ4n) is 3.88. The summed E-state index contributed by atoms with van der Waals surface area (Å²) in [4.78, 5) is 28.5. The van der Waals surface area contributed by atoms with Gasteiger partial charge in [0.25, 0.3) is 0 Å². The van der Waals surface area contributed by atoms with Crippen LogP contribution >= 0.6 is 0 Å². The Hall–Kier alpha value is -1.92. The molecule has 0 saturated carbocycles. The molecule has 3 rings (SSSR count). The van der Waals surface area contributed by atoms with Gasteiger partial charge in [0.2, 0.25) is 11.8 Å². The Balaban J connectivity index is 1.49. The van der Waals surface area contributed by atoms with Crippen molar-refractivity contribution in [2.24, 2.45) is 5.73 Å². The molecule has 2 amide bonds. The Morgan fingerprint density at radius 1 is 1.08 bits per heavy atom. The zero-order chi connectivity index (χ0) is 17.8. The fraction of sp³-hybridized carbons (Fsp3) is 0.579. The van der Waals surface area contributed by atoms with Crippen molar-refractivity contribution < 1.29 is 9.59 Å². The first-order valence-corrected chi connectivity index (χ1v) is 9.23. The van der Waals surface area contributed by atoms with Crippen molar-refractivity contribution in [1.29, 1.82) is 0 Å². The Labute approximate surface area is 149 Å². The van der Waals surface area contributed by atoms with Gasteiger partial charge >= 0.3 is 0 Å². The Morgan fingerprint density at radius 2 is 1.68 bits per heavy atom. The molecular formula is C19H28N4O2. The molecule has 2 aliphatic rings. The first kappa shape index (κ1) is 17.9. The van der Waals surface area contributed by atoms with Gasteiger partial charge in [0.1, 0.15) is 0 Å². The molecule has 3 N–H and O–H groups in total. The van der Waals surface area contributed by atoms with E-state index in [1.54, 1.807) is 24.3 Å². The quantitative estimate of drug-likeness (QED) is 0.852. The maximum atomic E-state index is 12.5. The second-order valence-electron chi connectivity index (χ2n) is 7.12. The molecule has 6 heteroatoms. The number of hydrogen-bond donors (Lipinski definition) is 2. The molecule has 25 heavy (non-hydrogen) atoms. The molecule has 2 saturated heterocycles. The van der Waals surface area contributed by atoms with E-state index in [2.05, 4.69) is 15.1 Å². The van der Waals surface area contributed by atoms with Crippen LogP contribution in [0.15, 0.2) is 24.3 Å². The van der Waals surface area contributed by atoms with Gasteiger partial charge in [-0.15, -0.1) is 0 Å². The van der Waals surface area contributed by atoms with Crippen molar-refractivity contribution in [3.8, 4) is 0 Å². The average molecular weight is 344 g/mol. The Kier molecular flexibility index (Phi) is 5.71. The molecule has 2 heterocycles. The monoisotopic (exact) mass is 344 g/mol. The predicted octanol–water partition coefficient (Wildman–Crippen LogP) is 1.67. The van der Waals surface area contributed by atoms with E-state index in [0.717, 1.165) is 25.9 Å². The van der Waals surface area contributed by atoms with E-state index in [4.69, 9.17) is 5.73 Å². The zero-order valence-corrected chi connectivity index (χ0v) is 14.9. The number of rotatable bonds is 5. The predicted molar refractivity (Wildman–Crippen MR) is 98.5 cm³/mol. The molecule has 0 aromatic heterocycles. The molecule has 0 aliphatic carbocycles. The van der Waals surface area contributed by atoms with Crippen LogP contribution in [0.4, 0.5) is 5.69 Å². The minimum Gasteiger partial charge on any atom is -0.366 e. The smallest absolute Gasteiger partial charge is 0.248 e. The highest BCUT2D eigenvalue weighted by Crippen LogP contribution is 2.22. The summed E-state index contributed by atoms with van der Waals surface area (Å²) in [5.74, 6) is -0.474. The van der Waals surface area contributed by atoms with E-state index < -0.39 is 5.91 Å². The summed E-state index contributed by atoms with van der Waals surface area (Å²) in [5.41, 5.74) is 6.36. The standard InChI is InChI=1S/C19H28N4O2/c1-14(19(25)21-16-6-4-15(5-7-16)18(20)24)22-12-8-17(9-13-22)23-10-2-3-11-23/h4-7,14,17H,2-3,8-13H2,1H3,(H2,20,24)(H,21,25)/t14-/m1/s1. The summed E-state index contributed by atoms with van der Waals surface area (Å²) in [6.45, 7) is 6.38. The van der Waals surface area contributed by atoms with E-state index in [-0.39, 0.29) is 11.9 Å². The molecule has 2 aliphatic heterocycles. The Bertz CT molecular complexity index is 602. The first-order valence-electron chi connectivity index (χ1n) is 9.23. The van der Waals surface area contributed by atoms with Crippen LogP contribution in [0.2, 0.25) is 0 Å². The first-order chi connectivity index (χ1) is 12.0. The maximum Gasteiger partial charge on any atom is 0.248 e. The third kappa shape index (κ3) is 4.38. The summed E-state index contributed by atoms with van der Waals surface area (Å²) in [5, 5.41) is 2.93. The van der Waals surface area contributed by atoms with Crippen LogP contribution in [-0.2, 0) is 4.79 Å². The summed E-state index contributed by atoms with van der Waals surface area (Å²) in [7, 11) is 0. The third-order valence-electron chi connectivity index (χ3n) is 5.52. The van der Waals surface area contributed by atoms with Crippen molar-refractivity contribution >= 4 is 17.5 Å². The molecule has 0 radical (unpaired) electrons. The highest BCUT2D eigenvalue weighted by atomic mass is 16.2. The van der Waals surface area contributed by atoms with Crippen LogP contribution in [-0.4, -0.2) is 59.9 Å². The number of carbonyl (C=O) groups is 2. The van der Waals surface area contributed by atoms with E-state index in [1.807, 2.05) is 6.92 Å². The molecule has 0 bridgehead atoms. The molecule has 2 fully saturated rings. The lowest BCUT2D eigenvalue weighted by Gasteiger charge is -2.38. The van der Waals surface area contributed by atoms with Gasteiger partial charge in [0.15, 0.2) is 0 Å². The number of nitrogens with two attached hydrogens (primary N) is 1. The number of benzene rings is 1. The lowest BCUT2D eigenvalue weighted by Crippen LogP contribution is -2.50. The number of nitrogens with one attached hydrogen (secondary N) is 1. The summed E-state index contributed by atoms with van der Waals surface area (Å²) in [6.07, 6.45) is 4.94. The number of likely N-dealkylation sites (tertiary alicyclic amines) is 2. The molecule has 136 valence electrons. The molecule has 1 atom stereocenters. The van der Waals surface area contributed by atoms with Crippen LogP contribution in [0.5, 0.6) is 0 Å². The van der Waals surface area contributed by atoms with Gasteiger partial charge in [-0.3, -0.25) is 14.5 Å². The van der Waals surface area contributed by atoms with E-state index in [1.165, 1.54) is 25.9 Å². The van der Waals surface area contributed by atoms with Gasteiger partial charge in [-0.25, -0.2) is 0 Å². The number of primary amides is 1. The molecule has 1 aromatic carbocycles. The summed E-state index contributed by atoms with van der Waals surface area (Å²) >= 11 is 0. The molecule has 6 nitrogen and oxygen atoms in total. The Morgan fingerprint density at radius 3 is 2.24 bits per heavy atom. The van der Waals surface area contributed by atoms with Crippen molar-refractivity contribution in [2.75, 3.05) is 31.5 Å². The topological polar surface area (TPSA) is 78.7 Å². The second-order valence-corrected chi connectivity index (χ2v) is 7.12. The van der Waals surface area contributed by atoms with Gasteiger partial charge in [0.05, 0.1) is 6.04 Å². The van der Waals surface area contributed by atoms with Crippen LogP contribution < -0.4 is 11.1 Å². The van der Waals surface area contributed by atoms with E-state index in [9.17, 15) is 9.59 Å². The number of hydrogen-bond acceptors (Lipinski definition) is 4. The molecular weight excluding hydrogens is 316 g/mol. The lowest BCUT2D eigenvalue weighted by molar-refractivity contribution is -0.121. The van der Waals surface area contributed by atoms with Crippen molar-refractivity contribution in [3.05, 3.63) is 29.8 Å². The fourth-order valence-corrected chi connectivity index (χ4v) is 3.88. The van der Waals surface area contributed by atoms with Gasteiger partial charge in [-0.1, -0.05) is 0 Å². The average Bonchev–Trinajstić information content (AvgIpc) is 3.16. The molecule has 1 aromatic rings. The maximum absolute atomic E-state index is 12.5. The number of anilines is 1. The number of nitrogens with zero attached hydrogens (tertiary/aromatic N) is 2. The highest BCUT2D eigenvalue weighted by molar-refractivity contribution is 5.96. The number of amides is 2. The normalized spacial score (nSPS) is 21.2. The summed E-state index contributed by atoms with van der Waals surface area (Å²) < 4.78 is 0. The molecule has 0 unspecified atom stereocenters. The van der Waals surface area contributed by atoms with Gasteiger partial charge < -0.3 is 16.0 Å². The zero-order valence-electron chi connectivity index (χ0n) is 14.9. The lowest BCUT2D eigenvalue weighted by atomic mass is 10.0. The van der Waals surface area contributed by atoms with E-state index in [0.29, 0.717) is 17.3 Å². The van der Waals surface area contributed by atoms with Gasteiger partial charge in [-0.05, 0) is 70.0 Å². The van der Waals surface area contributed by atoms with Crippen molar-refractivity contribution in [2.45, 2.75) is 44.7 Å². The largest absolute Gasteiger partial charge is 0.366 e. The van der Waals surface area contributed by atoms with Crippen molar-refractivity contribution in [3.63, 3.8) is 0 Å². The van der Waals surface area contributed by atoms with Crippen LogP contribution in [0.1, 0.15) is 43.0 Å². The summed E-state index contributed by atoms with van der Waals surface area (Å²) in [6, 6.07) is 7.22. The van der Waals surface area contributed by atoms with Crippen LogP contribution in [0, 0.1) is 0 Å². The van der Waals surface area contributed by atoms with Crippen LogP contribution in [0.25, 0.3) is 0 Å². The van der Waals surface area contributed by atoms with Gasteiger partial charge in [-0.2, -0.15) is 0 Å². The van der Waals surface area contributed by atoms with Gasteiger partial charge in [0, 0.05) is 30.4 Å². The number of carbonyl (C=O) groups excluding carboxylic acids is 2. The number of piperidine rings is 1. The SMILES string of the molecule is C[C@H](C(=O)Nc1ccc(C(N)=O)cc1)N1CCC(N2CCCC2)CC1.